The minimum atomic E-state index is -0.0471. The van der Waals surface area contributed by atoms with E-state index in [0.29, 0.717) is 31.8 Å². The van der Waals surface area contributed by atoms with Crippen molar-refractivity contribution in [1.82, 2.24) is 10.2 Å². The Morgan fingerprint density at radius 1 is 1.27 bits per heavy atom. The molecule has 1 aliphatic carbocycles. The van der Waals surface area contributed by atoms with Crippen LogP contribution in [0.4, 0.5) is 0 Å². The van der Waals surface area contributed by atoms with Crippen LogP contribution in [0.25, 0.3) is 0 Å². The van der Waals surface area contributed by atoms with E-state index >= 15 is 0 Å². The highest BCUT2D eigenvalue weighted by Gasteiger charge is 2.30. The number of nitrogens with zero attached hydrogens (tertiary/aromatic N) is 1. The van der Waals surface area contributed by atoms with Gasteiger partial charge >= 0.3 is 0 Å². The van der Waals surface area contributed by atoms with E-state index in [2.05, 4.69) is 17.5 Å². The molecule has 1 aromatic rings. The number of likely N-dealkylation sites (tertiary alicyclic amines) is 1. The number of benzene rings is 1. The second-order valence-corrected chi connectivity index (χ2v) is 6.20. The molecule has 1 aliphatic heterocycles. The first-order valence-corrected chi connectivity index (χ1v) is 7.98. The Balaban J connectivity index is 1.49. The van der Waals surface area contributed by atoms with Crippen LogP contribution in [0.1, 0.15) is 31.2 Å². The third-order valence-electron chi connectivity index (χ3n) is 4.36. The Bertz CT molecular complexity index is 568. The number of rotatable bonds is 5. The normalized spacial score (nSPS) is 24.0. The zero-order valence-electron chi connectivity index (χ0n) is 12.7. The van der Waals surface area contributed by atoms with Crippen molar-refractivity contribution in [2.24, 2.45) is 5.92 Å². The average Bonchev–Trinajstić information content (AvgIpc) is 3.11. The third kappa shape index (κ3) is 3.75. The molecule has 1 saturated heterocycles. The van der Waals surface area contributed by atoms with Gasteiger partial charge in [-0.05, 0) is 24.3 Å². The van der Waals surface area contributed by atoms with E-state index in [1.807, 2.05) is 35.2 Å². The topological polar surface area (TPSA) is 49.4 Å². The van der Waals surface area contributed by atoms with E-state index in [4.69, 9.17) is 0 Å². The van der Waals surface area contributed by atoms with Gasteiger partial charge in [-0.1, -0.05) is 42.5 Å². The van der Waals surface area contributed by atoms with E-state index in [1.165, 1.54) is 0 Å². The number of carbonyl (C=O) groups is 2. The van der Waals surface area contributed by atoms with Crippen molar-refractivity contribution in [2.75, 3.05) is 6.54 Å². The number of hydrogen-bond acceptors (Lipinski definition) is 2. The lowest BCUT2D eigenvalue weighted by molar-refractivity contribution is -0.128. The van der Waals surface area contributed by atoms with Crippen molar-refractivity contribution in [3.8, 4) is 0 Å². The van der Waals surface area contributed by atoms with E-state index in [9.17, 15) is 9.59 Å². The van der Waals surface area contributed by atoms with Crippen molar-refractivity contribution >= 4 is 11.8 Å². The van der Waals surface area contributed by atoms with Crippen molar-refractivity contribution < 1.29 is 9.59 Å². The minimum absolute atomic E-state index is 0.0471. The lowest BCUT2D eigenvalue weighted by Gasteiger charge is -2.17. The molecule has 3 rings (SSSR count). The van der Waals surface area contributed by atoms with E-state index in [-0.39, 0.29) is 17.9 Å². The van der Waals surface area contributed by atoms with Gasteiger partial charge in [0, 0.05) is 25.9 Å². The summed E-state index contributed by atoms with van der Waals surface area (Å²) in [5.74, 6) is 0.559. The fourth-order valence-electron chi connectivity index (χ4n) is 3.22. The molecule has 4 heteroatoms. The second kappa shape index (κ2) is 6.77. The first kappa shape index (κ1) is 14.8. The van der Waals surface area contributed by atoms with Crippen LogP contribution in [0.5, 0.6) is 0 Å². The van der Waals surface area contributed by atoms with Crippen LogP contribution in [0.3, 0.4) is 0 Å². The van der Waals surface area contributed by atoms with Gasteiger partial charge in [0.1, 0.15) is 0 Å². The van der Waals surface area contributed by atoms with Crippen LogP contribution >= 0.6 is 0 Å². The van der Waals surface area contributed by atoms with Gasteiger partial charge in [-0.25, -0.2) is 0 Å². The molecule has 2 atom stereocenters. The quantitative estimate of drug-likeness (QED) is 0.848. The molecule has 0 saturated carbocycles. The van der Waals surface area contributed by atoms with E-state index in [1.54, 1.807) is 0 Å². The summed E-state index contributed by atoms with van der Waals surface area (Å²) in [6.45, 7) is 1.23. The standard InChI is InChI=1S/C18H22N2O2/c21-17(10-14-6-4-5-7-14)19-16-11-18(22)20(13-16)12-15-8-2-1-3-9-15/h1-4,6,8-9,14,16H,5,7,10-13H2,(H,19,21)/t14-,16+/m0/s1. The number of amides is 2. The monoisotopic (exact) mass is 298 g/mol. The molecule has 22 heavy (non-hydrogen) atoms. The molecule has 1 N–H and O–H groups in total. The maximum Gasteiger partial charge on any atom is 0.225 e. The largest absolute Gasteiger partial charge is 0.351 e. The SMILES string of the molecule is O=C(C[C@H]1C=CCC1)N[C@@H]1CC(=O)N(Cc2ccccc2)C1. The minimum Gasteiger partial charge on any atom is -0.351 e. The zero-order valence-corrected chi connectivity index (χ0v) is 12.7. The van der Waals surface area contributed by atoms with Crippen LogP contribution in [0.2, 0.25) is 0 Å². The highest BCUT2D eigenvalue weighted by Crippen LogP contribution is 2.21. The Kier molecular flexibility index (Phi) is 4.56. The van der Waals surface area contributed by atoms with Gasteiger partial charge in [-0.3, -0.25) is 9.59 Å². The predicted molar refractivity (Wildman–Crippen MR) is 84.9 cm³/mol. The third-order valence-corrected chi connectivity index (χ3v) is 4.36. The number of hydrogen-bond donors (Lipinski definition) is 1. The molecule has 2 amide bonds. The van der Waals surface area contributed by atoms with Gasteiger partial charge < -0.3 is 10.2 Å². The van der Waals surface area contributed by atoms with Gasteiger partial charge in [-0.15, -0.1) is 0 Å². The Morgan fingerprint density at radius 2 is 2.09 bits per heavy atom. The summed E-state index contributed by atoms with van der Waals surface area (Å²) in [7, 11) is 0. The zero-order chi connectivity index (χ0) is 15.4. The summed E-state index contributed by atoms with van der Waals surface area (Å²) >= 11 is 0. The summed E-state index contributed by atoms with van der Waals surface area (Å²) < 4.78 is 0. The molecule has 1 aromatic carbocycles. The number of allylic oxidation sites excluding steroid dienone is 2. The molecule has 1 fully saturated rings. The maximum atomic E-state index is 12.1. The molecule has 4 nitrogen and oxygen atoms in total. The van der Waals surface area contributed by atoms with Gasteiger partial charge in [0.15, 0.2) is 0 Å². The number of carbonyl (C=O) groups excluding carboxylic acids is 2. The van der Waals surface area contributed by atoms with Gasteiger partial charge in [0.25, 0.3) is 0 Å². The molecule has 0 aromatic heterocycles. The maximum absolute atomic E-state index is 12.1. The van der Waals surface area contributed by atoms with Crippen LogP contribution in [0.15, 0.2) is 42.5 Å². The molecule has 116 valence electrons. The molecule has 0 radical (unpaired) electrons. The van der Waals surface area contributed by atoms with Crippen LogP contribution in [0, 0.1) is 5.92 Å². The summed E-state index contributed by atoms with van der Waals surface area (Å²) in [4.78, 5) is 26.0. The first-order valence-electron chi connectivity index (χ1n) is 7.98. The van der Waals surface area contributed by atoms with Crippen molar-refractivity contribution in [3.63, 3.8) is 0 Å². The average molecular weight is 298 g/mol. The van der Waals surface area contributed by atoms with Crippen molar-refractivity contribution in [2.45, 2.75) is 38.3 Å². The lowest BCUT2D eigenvalue weighted by atomic mass is 10.0. The fourth-order valence-corrected chi connectivity index (χ4v) is 3.22. The Morgan fingerprint density at radius 3 is 2.82 bits per heavy atom. The summed E-state index contributed by atoms with van der Waals surface area (Å²) in [6.07, 6.45) is 7.36. The van der Waals surface area contributed by atoms with Crippen LogP contribution < -0.4 is 5.32 Å². The fraction of sp³-hybridized carbons (Fsp3) is 0.444. The Labute approximate surface area is 131 Å². The highest BCUT2D eigenvalue weighted by atomic mass is 16.2. The molecule has 2 aliphatic rings. The van der Waals surface area contributed by atoms with Crippen LogP contribution in [-0.4, -0.2) is 29.3 Å². The summed E-state index contributed by atoms with van der Waals surface area (Å²) in [5.41, 5.74) is 1.12. The number of nitrogens with one attached hydrogen (secondary N) is 1. The second-order valence-electron chi connectivity index (χ2n) is 6.20. The molecule has 0 spiro atoms. The van der Waals surface area contributed by atoms with Gasteiger partial charge in [-0.2, -0.15) is 0 Å². The Hall–Kier alpha value is -2.10. The lowest BCUT2D eigenvalue weighted by Crippen LogP contribution is -2.37. The van der Waals surface area contributed by atoms with Gasteiger partial charge in [0.2, 0.25) is 11.8 Å². The van der Waals surface area contributed by atoms with E-state index < -0.39 is 0 Å². The predicted octanol–water partition coefficient (Wildman–Crippen LogP) is 2.26. The molecule has 1 heterocycles. The highest BCUT2D eigenvalue weighted by molar-refractivity contribution is 5.82. The van der Waals surface area contributed by atoms with Crippen LogP contribution in [-0.2, 0) is 16.1 Å². The summed E-state index contributed by atoms with van der Waals surface area (Å²) in [5, 5.41) is 3.02. The molecular formula is C18H22N2O2. The van der Waals surface area contributed by atoms with E-state index in [0.717, 1.165) is 18.4 Å². The summed E-state index contributed by atoms with van der Waals surface area (Å²) in [6, 6.07) is 9.91. The van der Waals surface area contributed by atoms with Gasteiger partial charge in [0.05, 0.1) is 6.04 Å². The molecule has 0 bridgehead atoms. The molecule has 0 unspecified atom stereocenters. The smallest absolute Gasteiger partial charge is 0.225 e. The van der Waals surface area contributed by atoms with Crippen molar-refractivity contribution in [3.05, 3.63) is 48.0 Å². The molecular weight excluding hydrogens is 276 g/mol. The first-order chi connectivity index (χ1) is 10.7. The van der Waals surface area contributed by atoms with Crippen molar-refractivity contribution in [1.29, 1.82) is 0 Å².